The summed E-state index contributed by atoms with van der Waals surface area (Å²) < 4.78 is 0. The molecule has 0 heterocycles. The highest BCUT2D eigenvalue weighted by Gasteiger charge is 2.28. The van der Waals surface area contributed by atoms with Crippen LogP contribution in [0.3, 0.4) is 0 Å². The average molecular weight is 184 g/mol. The van der Waals surface area contributed by atoms with Crippen molar-refractivity contribution in [2.45, 2.75) is 39.2 Å². The Bertz CT molecular complexity index is 176. The van der Waals surface area contributed by atoms with Gasteiger partial charge in [-0.25, -0.2) is 0 Å². The SMILES string of the molecule is CC(C)CN(CCC(N)=O)C1CC1. The van der Waals surface area contributed by atoms with Crippen LogP contribution in [0.1, 0.15) is 33.1 Å². The zero-order chi connectivity index (χ0) is 9.84. The Kier molecular flexibility index (Phi) is 3.72. The summed E-state index contributed by atoms with van der Waals surface area (Å²) in [6.07, 6.45) is 3.10. The molecule has 3 heteroatoms. The van der Waals surface area contributed by atoms with E-state index in [1.807, 2.05) is 0 Å². The van der Waals surface area contributed by atoms with Crippen molar-refractivity contribution >= 4 is 5.91 Å². The molecule has 0 aliphatic heterocycles. The Labute approximate surface area is 80.3 Å². The van der Waals surface area contributed by atoms with Gasteiger partial charge in [0.2, 0.25) is 5.91 Å². The minimum atomic E-state index is -0.186. The molecular weight excluding hydrogens is 164 g/mol. The van der Waals surface area contributed by atoms with E-state index >= 15 is 0 Å². The number of primary amides is 1. The van der Waals surface area contributed by atoms with E-state index in [1.165, 1.54) is 12.8 Å². The second-order valence-electron chi connectivity index (χ2n) is 4.34. The maximum absolute atomic E-state index is 10.6. The number of hydrogen-bond acceptors (Lipinski definition) is 2. The van der Waals surface area contributed by atoms with Gasteiger partial charge in [0.05, 0.1) is 0 Å². The van der Waals surface area contributed by atoms with Crippen LogP contribution < -0.4 is 5.73 Å². The van der Waals surface area contributed by atoms with Gasteiger partial charge in [-0.15, -0.1) is 0 Å². The lowest BCUT2D eigenvalue weighted by atomic mass is 10.2. The Morgan fingerprint density at radius 1 is 1.54 bits per heavy atom. The van der Waals surface area contributed by atoms with Crippen molar-refractivity contribution in [3.05, 3.63) is 0 Å². The smallest absolute Gasteiger partial charge is 0.218 e. The average Bonchev–Trinajstić information content (AvgIpc) is 2.78. The second-order valence-corrected chi connectivity index (χ2v) is 4.34. The van der Waals surface area contributed by atoms with Crippen LogP contribution in [0, 0.1) is 5.92 Å². The van der Waals surface area contributed by atoms with Crippen LogP contribution >= 0.6 is 0 Å². The topological polar surface area (TPSA) is 46.3 Å². The van der Waals surface area contributed by atoms with E-state index in [0.29, 0.717) is 12.3 Å². The number of carbonyl (C=O) groups is 1. The highest BCUT2D eigenvalue weighted by atomic mass is 16.1. The van der Waals surface area contributed by atoms with E-state index in [0.717, 1.165) is 19.1 Å². The Morgan fingerprint density at radius 2 is 2.15 bits per heavy atom. The van der Waals surface area contributed by atoms with E-state index in [-0.39, 0.29) is 5.91 Å². The van der Waals surface area contributed by atoms with Crippen molar-refractivity contribution in [1.29, 1.82) is 0 Å². The zero-order valence-electron chi connectivity index (χ0n) is 8.62. The van der Waals surface area contributed by atoms with Crippen LogP contribution in [0.15, 0.2) is 0 Å². The van der Waals surface area contributed by atoms with Crippen LogP contribution in [-0.2, 0) is 4.79 Å². The van der Waals surface area contributed by atoms with E-state index in [9.17, 15) is 4.79 Å². The third kappa shape index (κ3) is 4.27. The van der Waals surface area contributed by atoms with Crippen molar-refractivity contribution < 1.29 is 4.79 Å². The van der Waals surface area contributed by atoms with Gasteiger partial charge >= 0.3 is 0 Å². The molecule has 1 aliphatic rings. The minimum Gasteiger partial charge on any atom is -0.370 e. The molecule has 1 saturated carbocycles. The summed E-state index contributed by atoms with van der Waals surface area (Å²) in [5.41, 5.74) is 5.13. The number of nitrogens with two attached hydrogens (primary N) is 1. The number of carbonyl (C=O) groups excluding carboxylic acids is 1. The molecule has 1 amide bonds. The van der Waals surface area contributed by atoms with Gasteiger partial charge in [0.15, 0.2) is 0 Å². The normalized spacial score (nSPS) is 16.9. The van der Waals surface area contributed by atoms with Gasteiger partial charge in [-0.2, -0.15) is 0 Å². The largest absolute Gasteiger partial charge is 0.370 e. The van der Waals surface area contributed by atoms with Gasteiger partial charge in [-0.1, -0.05) is 13.8 Å². The molecule has 0 unspecified atom stereocenters. The molecular formula is C10H20N2O. The molecule has 1 fully saturated rings. The Morgan fingerprint density at radius 3 is 2.54 bits per heavy atom. The lowest BCUT2D eigenvalue weighted by Crippen LogP contribution is -2.33. The molecule has 1 aliphatic carbocycles. The second kappa shape index (κ2) is 4.61. The first-order valence-electron chi connectivity index (χ1n) is 5.12. The number of hydrogen-bond donors (Lipinski definition) is 1. The van der Waals surface area contributed by atoms with Crippen molar-refractivity contribution in [1.82, 2.24) is 4.90 Å². The fourth-order valence-electron chi connectivity index (χ4n) is 1.59. The lowest BCUT2D eigenvalue weighted by Gasteiger charge is -2.23. The molecule has 0 spiro atoms. The zero-order valence-corrected chi connectivity index (χ0v) is 8.62. The minimum absolute atomic E-state index is 0.186. The summed E-state index contributed by atoms with van der Waals surface area (Å²) in [4.78, 5) is 13.0. The third-order valence-corrected chi connectivity index (χ3v) is 2.31. The van der Waals surface area contributed by atoms with Crippen molar-refractivity contribution in [3.63, 3.8) is 0 Å². The quantitative estimate of drug-likeness (QED) is 0.669. The van der Waals surface area contributed by atoms with Crippen molar-refractivity contribution in [3.8, 4) is 0 Å². The molecule has 2 N–H and O–H groups in total. The number of amides is 1. The summed E-state index contributed by atoms with van der Waals surface area (Å²) in [5.74, 6) is 0.489. The molecule has 3 nitrogen and oxygen atoms in total. The molecule has 0 aromatic carbocycles. The molecule has 0 bridgehead atoms. The first-order chi connectivity index (χ1) is 6.09. The molecule has 0 radical (unpaired) electrons. The van der Waals surface area contributed by atoms with Gasteiger partial charge in [0.1, 0.15) is 0 Å². The lowest BCUT2D eigenvalue weighted by molar-refractivity contribution is -0.118. The first-order valence-corrected chi connectivity index (χ1v) is 5.12. The highest BCUT2D eigenvalue weighted by Crippen LogP contribution is 2.27. The summed E-state index contributed by atoms with van der Waals surface area (Å²) in [7, 11) is 0. The van der Waals surface area contributed by atoms with Crippen LogP contribution in [0.25, 0.3) is 0 Å². The molecule has 0 saturated heterocycles. The fraction of sp³-hybridized carbons (Fsp3) is 0.900. The maximum Gasteiger partial charge on any atom is 0.218 e. The van der Waals surface area contributed by atoms with E-state index in [1.54, 1.807) is 0 Å². The van der Waals surface area contributed by atoms with Gasteiger partial charge in [-0.3, -0.25) is 9.69 Å². The fourth-order valence-corrected chi connectivity index (χ4v) is 1.59. The Balaban J connectivity index is 2.25. The highest BCUT2D eigenvalue weighted by molar-refractivity contribution is 5.73. The third-order valence-electron chi connectivity index (χ3n) is 2.31. The summed E-state index contributed by atoms with van der Waals surface area (Å²) in [5, 5.41) is 0. The molecule has 1 rings (SSSR count). The van der Waals surface area contributed by atoms with Gasteiger partial charge < -0.3 is 5.73 Å². The van der Waals surface area contributed by atoms with Crippen LogP contribution in [0.2, 0.25) is 0 Å². The summed E-state index contributed by atoms with van der Waals surface area (Å²) in [6.45, 7) is 6.36. The molecule has 0 atom stereocenters. The molecule has 76 valence electrons. The van der Waals surface area contributed by atoms with E-state index in [2.05, 4.69) is 18.7 Å². The van der Waals surface area contributed by atoms with Crippen LogP contribution in [0.4, 0.5) is 0 Å². The number of nitrogens with zero attached hydrogens (tertiary/aromatic N) is 1. The maximum atomic E-state index is 10.6. The molecule has 0 aromatic heterocycles. The van der Waals surface area contributed by atoms with E-state index in [4.69, 9.17) is 5.73 Å². The summed E-state index contributed by atoms with van der Waals surface area (Å²) >= 11 is 0. The first kappa shape index (κ1) is 10.5. The van der Waals surface area contributed by atoms with Gasteiger partial charge in [-0.05, 0) is 18.8 Å². The van der Waals surface area contributed by atoms with Crippen LogP contribution in [0.5, 0.6) is 0 Å². The van der Waals surface area contributed by atoms with Gasteiger partial charge in [0.25, 0.3) is 0 Å². The summed E-state index contributed by atoms with van der Waals surface area (Å²) in [6, 6.07) is 0.738. The Hall–Kier alpha value is -0.570. The predicted octanol–water partition coefficient (Wildman–Crippen LogP) is 0.982. The number of rotatable bonds is 6. The predicted molar refractivity (Wildman–Crippen MR) is 53.2 cm³/mol. The van der Waals surface area contributed by atoms with Gasteiger partial charge in [0, 0.05) is 25.6 Å². The van der Waals surface area contributed by atoms with E-state index < -0.39 is 0 Å². The standard InChI is InChI=1S/C10H20N2O/c1-8(2)7-12(9-3-4-9)6-5-10(11)13/h8-9H,3-7H2,1-2H3,(H2,11,13). The monoisotopic (exact) mass is 184 g/mol. The van der Waals surface area contributed by atoms with Crippen molar-refractivity contribution in [2.75, 3.05) is 13.1 Å². The molecule has 0 aromatic rings. The van der Waals surface area contributed by atoms with Crippen LogP contribution in [-0.4, -0.2) is 29.9 Å². The van der Waals surface area contributed by atoms with Crippen molar-refractivity contribution in [2.24, 2.45) is 11.7 Å². The molecule has 13 heavy (non-hydrogen) atoms.